The first-order valence-electron chi connectivity index (χ1n) is 5.32. The van der Waals surface area contributed by atoms with Crippen LogP contribution in [0, 0.1) is 4.77 Å². The molecule has 1 N–H and O–H groups in total. The number of nitrogens with zero attached hydrogens (tertiary/aromatic N) is 3. The van der Waals surface area contributed by atoms with Crippen molar-refractivity contribution in [1.29, 1.82) is 0 Å². The van der Waals surface area contributed by atoms with Crippen molar-refractivity contribution < 1.29 is 0 Å². The first kappa shape index (κ1) is 10.2. The van der Waals surface area contributed by atoms with Gasteiger partial charge >= 0.3 is 0 Å². The molecule has 0 saturated carbocycles. The topological polar surface area (TPSA) is 55.1 Å². The van der Waals surface area contributed by atoms with Crippen molar-refractivity contribution in [3.8, 4) is 0 Å². The Kier molecular flexibility index (Phi) is 2.12. The minimum atomic E-state index is -0.0374. The Balaban J connectivity index is 2.76. The van der Waals surface area contributed by atoms with E-state index in [1.165, 1.54) is 0 Å². The number of H-pyrrole nitrogens is 1. The lowest BCUT2D eigenvalue weighted by molar-refractivity contribution is 0.735. The van der Waals surface area contributed by atoms with Crippen LogP contribution in [0.3, 0.4) is 0 Å². The van der Waals surface area contributed by atoms with Crippen molar-refractivity contribution in [3.05, 3.63) is 39.4 Å². The lowest BCUT2D eigenvalue weighted by Crippen LogP contribution is -2.22. The number of para-hydroxylation sites is 1. The zero-order valence-electron chi connectivity index (χ0n) is 9.17. The van der Waals surface area contributed by atoms with Crippen LogP contribution in [0.25, 0.3) is 16.7 Å². The van der Waals surface area contributed by atoms with Gasteiger partial charge in [-0.3, -0.25) is 13.8 Å². The zero-order valence-corrected chi connectivity index (χ0v) is 9.99. The lowest BCUT2D eigenvalue weighted by atomic mass is 10.2. The molecule has 1 aromatic carbocycles. The number of hydrogen-bond acceptors (Lipinski definition) is 3. The average Bonchev–Trinajstić information content (AvgIpc) is 2.73. The van der Waals surface area contributed by atoms with E-state index in [-0.39, 0.29) is 5.56 Å². The second-order valence-corrected chi connectivity index (χ2v) is 4.12. The van der Waals surface area contributed by atoms with Crippen LogP contribution in [0.1, 0.15) is 6.92 Å². The smallest absolute Gasteiger partial charge is 0.262 e. The molecule has 0 fully saturated rings. The lowest BCUT2D eigenvalue weighted by Gasteiger charge is -2.07. The Morgan fingerprint density at radius 2 is 2.18 bits per heavy atom. The molecule has 0 amide bonds. The highest BCUT2D eigenvalue weighted by Crippen LogP contribution is 2.12. The molecular weight excluding hydrogens is 236 g/mol. The van der Waals surface area contributed by atoms with Crippen molar-refractivity contribution in [1.82, 2.24) is 19.2 Å². The van der Waals surface area contributed by atoms with Gasteiger partial charge in [-0.05, 0) is 31.3 Å². The van der Waals surface area contributed by atoms with Crippen LogP contribution in [-0.2, 0) is 6.54 Å². The maximum Gasteiger partial charge on any atom is 0.262 e. The van der Waals surface area contributed by atoms with Crippen molar-refractivity contribution in [2.45, 2.75) is 13.5 Å². The number of aryl methyl sites for hydroxylation is 1. The van der Waals surface area contributed by atoms with E-state index in [1.807, 2.05) is 25.1 Å². The van der Waals surface area contributed by atoms with Gasteiger partial charge in [-0.15, -0.1) is 5.10 Å². The van der Waals surface area contributed by atoms with Crippen molar-refractivity contribution >= 4 is 28.9 Å². The summed E-state index contributed by atoms with van der Waals surface area (Å²) in [7, 11) is 0. The summed E-state index contributed by atoms with van der Waals surface area (Å²) in [5.41, 5.74) is 0.751. The predicted octanol–water partition coefficient (Wildman–Crippen LogP) is 1.73. The van der Waals surface area contributed by atoms with Gasteiger partial charge in [0.25, 0.3) is 5.56 Å². The van der Waals surface area contributed by atoms with Crippen molar-refractivity contribution in [2.75, 3.05) is 0 Å². The van der Waals surface area contributed by atoms with E-state index in [9.17, 15) is 4.79 Å². The Hall–Kier alpha value is -1.95. The van der Waals surface area contributed by atoms with E-state index in [4.69, 9.17) is 12.2 Å². The summed E-state index contributed by atoms with van der Waals surface area (Å²) in [5, 5.41) is 7.49. The molecule has 3 rings (SSSR count). The molecule has 86 valence electrons. The Morgan fingerprint density at radius 3 is 2.94 bits per heavy atom. The molecule has 0 atom stereocenters. The van der Waals surface area contributed by atoms with E-state index in [0.717, 1.165) is 5.52 Å². The van der Waals surface area contributed by atoms with Gasteiger partial charge in [0.15, 0.2) is 0 Å². The third kappa shape index (κ3) is 1.27. The molecule has 2 heterocycles. The average molecular weight is 246 g/mol. The van der Waals surface area contributed by atoms with Gasteiger partial charge in [-0.2, -0.15) is 0 Å². The van der Waals surface area contributed by atoms with Crippen LogP contribution in [0.4, 0.5) is 0 Å². The summed E-state index contributed by atoms with van der Waals surface area (Å²) >= 11 is 5.19. The van der Waals surface area contributed by atoms with Gasteiger partial charge < -0.3 is 0 Å². The van der Waals surface area contributed by atoms with Gasteiger partial charge in [0.1, 0.15) is 0 Å². The second kappa shape index (κ2) is 3.53. The van der Waals surface area contributed by atoms with E-state index < -0.39 is 0 Å². The largest absolute Gasteiger partial charge is 0.277 e. The molecular formula is C11H10N4OS. The third-order valence-corrected chi connectivity index (χ3v) is 3.11. The van der Waals surface area contributed by atoms with E-state index in [1.54, 1.807) is 15.0 Å². The molecule has 0 saturated heterocycles. The molecule has 3 aromatic rings. The fourth-order valence-corrected chi connectivity index (χ4v) is 2.28. The normalized spacial score (nSPS) is 11.4. The van der Waals surface area contributed by atoms with Gasteiger partial charge in [-0.1, -0.05) is 12.1 Å². The van der Waals surface area contributed by atoms with Gasteiger partial charge in [0.05, 0.1) is 10.9 Å². The number of aromatic amines is 1. The Bertz CT molecular complexity index is 827. The monoisotopic (exact) mass is 246 g/mol. The number of rotatable bonds is 1. The number of hydrogen-bond donors (Lipinski definition) is 1. The molecule has 0 aliphatic heterocycles. The number of benzene rings is 1. The van der Waals surface area contributed by atoms with Crippen LogP contribution in [-0.4, -0.2) is 19.2 Å². The first-order chi connectivity index (χ1) is 8.24. The van der Waals surface area contributed by atoms with Crippen LogP contribution in [0.15, 0.2) is 29.1 Å². The Morgan fingerprint density at radius 1 is 1.41 bits per heavy atom. The van der Waals surface area contributed by atoms with Crippen molar-refractivity contribution in [2.24, 2.45) is 0 Å². The molecule has 0 unspecified atom stereocenters. The fraction of sp³-hybridized carbons (Fsp3) is 0.182. The second-order valence-electron chi connectivity index (χ2n) is 3.73. The maximum atomic E-state index is 12.2. The number of nitrogens with one attached hydrogen (secondary N) is 1. The fourth-order valence-electron chi connectivity index (χ4n) is 2.06. The molecule has 0 bridgehead atoms. The molecule has 0 radical (unpaired) electrons. The van der Waals surface area contributed by atoms with Crippen molar-refractivity contribution in [3.63, 3.8) is 0 Å². The SMILES string of the molecule is CCn1c(=O)c2ccccc2n2c(=S)[nH]nc12. The number of fused-ring (bicyclic) bond motifs is 3. The maximum absolute atomic E-state index is 12.2. The minimum Gasteiger partial charge on any atom is -0.277 e. The van der Waals surface area contributed by atoms with Crippen LogP contribution in [0.5, 0.6) is 0 Å². The zero-order chi connectivity index (χ0) is 12.0. The molecule has 17 heavy (non-hydrogen) atoms. The highest BCUT2D eigenvalue weighted by atomic mass is 32.1. The molecule has 0 aliphatic carbocycles. The summed E-state index contributed by atoms with van der Waals surface area (Å²) < 4.78 is 3.89. The van der Waals surface area contributed by atoms with E-state index >= 15 is 0 Å². The third-order valence-electron chi connectivity index (χ3n) is 2.83. The first-order valence-corrected chi connectivity index (χ1v) is 5.73. The van der Waals surface area contributed by atoms with Gasteiger partial charge in [-0.25, -0.2) is 5.10 Å². The Labute approximate surface area is 101 Å². The summed E-state index contributed by atoms with van der Waals surface area (Å²) in [6.45, 7) is 2.47. The predicted molar refractivity (Wildman–Crippen MR) is 67.8 cm³/mol. The standard InChI is InChI=1S/C11H10N4OS/c1-2-14-9(16)7-5-3-4-6-8(7)15-10(14)12-13-11(15)17/h3-6H,2H2,1H3,(H,13,17). The minimum absolute atomic E-state index is 0.0374. The molecule has 5 nitrogen and oxygen atoms in total. The van der Waals surface area contributed by atoms with E-state index in [0.29, 0.717) is 22.5 Å². The molecule has 0 aliphatic rings. The highest BCUT2D eigenvalue weighted by molar-refractivity contribution is 7.71. The quantitative estimate of drug-likeness (QED) is 0.665. The van der Waals surface area contributed by atoms with Crippen LogP contribution < -0.4 is 5.56 Å². The van der Waals surface area contributed by atoms with Crippen LogP contribution >= 0.6 is 12.2 Å². The summed E-state index contributed by atoms with van der Waals surface area (Å²) in [6, 6.07) is 7.40. The molecule has 0 spiro atoms. The van der Waals surface area contributed by atoms with E-state index in [2.05, 4.69) is 10.2 Å². The van der Waals surface area contributed by atoms with Gasteiger partial charge in [0, 0.05) is 6.54 Å². The summed E-state index contributed by atoms with van der Waals surface area (Å²) in [6.07, 6.45) is 0. The van der Waals surface area contributed by atoms with Gasteiger partial charge in [0.2, 0.25) is 10.5 Å². The molecule has 2 aromatic heterocycles. The summed E-state index contributed by atoms with van der Waals surface area (Å²) in [5.74, 6) is 0.557. The number of aromatic nitrogens is 4. The highest BCUT2D eigenvalue weighted by Gasteiger charge is 2.11. The van der Waals surface area contributed by atoms with Crippen LogP contribution in [0.2, 0.25) is 0 Å². The molecule has 6 heteroatoms. The summed E-state index contributed by atoms with van der Waals surface area (Å²) in [4.78, 5) is 12.2.